The van der Waals surface area contributed by atoms with Crippen LogP contribution in [0.5, 0.6) is 0 Å². The van der Waals surface area contributed by atoms with Crippen LogP contribution in [0.1, 0.15) is 5.56 Å². The van der Waals surface area contributed by atoms with Gasteiger partial charge in [-0.05, 0) is 19.5 Å². The topological polar surface area (TPSA) is 36.6 Å². The summed E-state index contributed by atoms with van der Waals surface area (Å²) in [6.45, 7) is 13.4. The Balaban J connectivity index is 1.91. The quantitative estimate of drug-likeness (QED) is 0.656. The van der Waals surface area contributed by atoms with Gasteiger partial charge < -0.3 is 9.80 Å². The minimum absolute atomic E-state index is 0.713. The van der Waals surface area contributed by atoms with Crippen LogP contribution in [-0.2, 0) is 0 Å². The fourth-order valence-corrected chi connectivity index (χ4v) is 4.14. The van der Waals surface area contributed by atoms with Crippen LogP contribution in [0.3, 0.4) is 0 Å². The van der Waals surface area contributed by atoms with Crippen LogP contribution in [0.25, 0.3) is 26.4 Å². The first kappa shape index (κ1) is 16.0. The van der Waals surface area contributed by atoms with Crippen LogP contribution >= 0.6 is 11.3 Å². The first-order chi connectivity index (χ1) is 12.2. The lowest BCUT2D eigenvalue weighted by atomic mass is 10.2. The van der Waals surface area contributed by atoms with Crippen molar-refractivity contribution in [3.63, 3.8) is 0 Å². The van der Waals surface area contributed by atoms with Crippen molar-refractivity contribution >= 4 is 32.4 Å². The smallest absolute Gasteiger partial charge is 0.246 e. The molecule has 1 aromatic carbocycles. The van der Waals surface area contributed by atoms with Crippen molar-refractivity contribution in [2.75, 3.05) is 38.1 Å². The summed E-state index contributed by atoms with van der Waals surface area (Å²) in [6, 6.07) is 10.1. The van der Waals surface area contributed by atoms with Gasteiger partial charge in [0.15, 0.2) is 5.82 Å². The Labute approximate surface area is 151 Å². The number of aromatic nitrogens is 2. The molecule has 3 aromatic rings. The molecule has 0 unspecified atom stereocenters. The first-order valence-electron chi connectivity index (χ1n) is 8.35. The molecule has 126 valence electrons. The van der Waals surface area contributed by atoms with E-state index in [2.05, 4.69) is 21.7 Å². The number of hydrogen-bond donors (Lipinski definition) is 0. The van der Waals surface area contributed by atoms with Crippen LogP contribution in [0.4, 0.5) is 10.8 Å². The maximum atomic E-state index is 7.44. The summed E-state index contributed by atoms with van der Waals surface area (Å²) in [6.07, 6.45) is 0. The van der Waals surface area contributed by atoms with E-state index in [1.54, 1.807) is 0 Å². The van der Waals surface area contributed by atoms with Gasteiger partial charge in [-0.25, -0.2) is 14.8 Å². The van der Waals surface area contributed by atoms with Crippen molar-refractivity contribution in [3.8, 4) is 11.4 Å². The van der Waals surface area contributed by atoms with E-state index in [4.69, 9.17) is 16.5 Å². The van der Waals surface area contributed by atoms with Gasteiger partial charge >= 0.3 is 0 Å². The molecule has 1 aliphatic heterocycles. The van der Waals surface area contributed by atoms with E-state index < -0.39 is 0 Å². The molecule has 6 heteroatoms. The fraction of sp³-hybridized carbons (Fsp3) is 0.316. The normalized spacial score (nSPS) is 15.5. The lowest BCUT2D eigenvalue weighted by Gasteiger charge is -2.33. The molecular formula is C19H19N5S. The van der Waals surface area contributed by atoms with E-state index >= 15 is 0 Å². The molecule has 4 rings (SSSR count). The highest BCUT2D eigenvalue weighted by molar-refractivity contribution is 7.22. The molecule has 1 saturated heterocycles. The highest BCUT2D eigenvalue weighted by Gasteiger charge is 2.23. The van der Waals surface area contributed by atoms with Crippen molar-refractivity contribution in [2.45, 2.75) is 6.92 Å². The Hall–Kier alpha value is -2.49. The SMILES string of the molecule is [C-]#[N+]c1sc2nc(-c3ccccc3)nc(N3CCN(C)CC3)c2c1C. The average Bonchev–Trinajstić information content (AvgIpc) is 2.98. The first-order valence-corrected chi connectivity index (χ1v) is 9.16. The zero-order valence-electron chi connectivity index (χ0n) is 14.4. The number of hydrogen-bond acceptors (Lipinski definition) is 5. The minimum atomic E-state index is 0.713. The molecule has 1 fully saturated rings. The standard InChI is InChI=1S/C19H19N5S/c1-13-15-17(24-11-9-23(3)10-12-24)21-16(14-7-5-4-6-8-14)22-19(15)25-18(13)20-2/h4-8H,9-12H2,1,3H3. The predicted molar refractivity (Wildman–Crippen MR) is 104 cm³/mol. The molecule has 0 aliphatic carbocycles. The van der Waals surface area contributed by atoms with Crippen molar-refractivity contribution in [1.29, 1.82) is 0 Å². The Bertz CT molecular complexity index is 949. The van der Waals surface area contributed by atoms with E-state index in [0.29, 0.717) is 5.00 Å². The third kappa shape index (κ3) is 2.86. The van der Waals surface area contributed by atoms with Crippen molar-refractivity contribution in [2.24, 2.45) is 0 Å². The summed E-state index contributed by atoms with van der Waals surface area (Å²) in [5.41, 5.74) is 2.01. The largest absolute Gasteiger partial charge is 0.353 e. The van der Waals surface area contributed by atoms with Crippen LogP contribution in [-0.4, -0.2) is 48.1 Å². The minimum Gasteiger partial charge on any atom is -0.353 e. The molecule has 0 atom stereocenters. The number of likely N-dealkylation sites (N-methyl/N-ethyl adjacent to an activating group) is 1. The predicted octanol–water partition coefficient (Wildman–Crippen LogP) is 3.97. The van der Waals surface area contributed by atoms with Crippen LogP contribution in [0.2, 0.25) is 0 Å². The van der Waals surface area contributed by atoms with E-state index in [1.807, 2.05) is 37.3 Å². The maximum absolute atomic E-state index is 7.44. The molecule has 5 nitrogen and oxygen atoms in total. The van der Waals surface area contributed by atoms with E-state index in [1.165, 1.54) is 11.3 Å². The number of benzene rings is 1. The summed E-state index contributed by atoms with van der Waals surface area (Å²) in [5, 5.41) is 1.75. The molecule has 25 heavy (non-hydrogen) atoms. The summed E-state index contributed by atoms with van der Waals surface area (Å²) >= 11 is 1.47. The second-order valence-corrected chi connectivity index (χ2v) is 7.33. The van der Waals surface area contributed by atoms with Gasteiger partial charge in [0, 0.05) is 37.1 Å². The van der Waals surface area contributed by atoms with Gasteiger partial charge in [0.25, 0.3) is 0 Å². The zero-order valence-corrected chi connectivity index (χ0v) is 15.2. The lowest BCUT2D eigenvalue weighted by molar-refractivity contribution is 0.312. The van der Waals surface area contributed by atoms with Gasteiger partial charge in [0.1, 0.15) is 10.6 Å². The summed E-state index contributed by atoms with van der Waals surface area (Å²) < 4.78 is 0. The van der Waals surface area contributed by atoms with E-state index in [0.717, 1.165) is 59.2 Å². The maximum Gasteiger partial charge on any atom is 0.246 e. The van der Waals surface area contributed by atoms with Gasteiger partial charge in [0.2, 0.25) is 5.00 Å². The van der Waals surface area contributed by atoms with Crippen molar-refractivity contribution in [3.05, 3.63) is 47.3 Å². The Morgan fingerprint density at radius 1 is 1.08 bits per heavy atom. The highest BCUT2D eigenvalue weighted by atomic mass is 32.1. The average molecular weight is 349 g/mol. The number of rotatable bonds is 2. The Morgan fingerprint density at radius 3 is 2.48 bits per heavy atom. The second kappa shape index (κ2) is 6.43. The Morgan fingerprint density at radius 2 is 1.80 bits per heavy atom. The number of piperazine rings is 1. The summed E-state index contributed by atoms with van der Waals surface area (Å²) in [4.78, 5) is 19.0. The van der Waals surface area contributed by atoms with E-state index in [-0.39, 0.29) is 0 Å². The summed E-state index contributed by atoms with van der Waals surface area (Å²) in [7, 11) is 2.15. The lowest BCUT2D eigenvalue weighted by Crippen LogP contribution is -2.45. The third-order valence-corrected chi connectivity index (χ3v) is 5.76. The van der Waals surface area contributed by atoms with Gasteiger partial charge in [-0.2, -0.15) is 0 Å². The van der Waals surface area contributed by atoms with E-state index in [9.17, 15) is 0 Å². The van der Waals surface area contributed by atoms with Crippen LogP contribution < -0.4 is 4.90 Å². The van der Waals surface area contributed by atoms with Crippen molar-refractivity contribution < 1.29 is 0 Å². The number of thiophene rings is 1. The monoisotopic (exact) mass is 349 g/mol. The molecule has 0 saturated carbocycles. The molecule has 0 spiro atoms. The Kier molecular flexibility index (Phi) is 4.12. The molecule has 1 aliphatic rings. The van der Waals surface area contributed by atoms with Gasteiger partial charge in [-0.3, -0.25) is 0 Å². The number of nitrogens with zero attached hydrogens (tertiary/aromatic N) is 5. The number of fused-ring (bicyclic) bond motifs is 1. The van der Waals surface area contributed by atoms with Gasteiger partial charge in [0.05, 0.1) is 6.57 Å². The van der Waals surface area contributed by atoms with Gasteiger partial charge in [-0.1, -0.05) is 30.3 Å². The molecule has 0 N–H and O–H groups in total. The molecule has 3 heterocycles. The highest BCUT2D eigenvalue weighted by Crippen LogP contribution is 2.41. The van der Waals surface area contributed by atoms with Crippen molar-refractivity contribution in [1.82, 2.24) is 14.9 Å². The summed E-state index contributed by atoms with van der Waals surface area (Å²) in [5.74, 6) is 1.71. The number of anilines is 1. The molecule has 0 radical (unpaired) electrons. The van der Waals surface area contributed by atoms with Crippen LogP contribution in [0, 0.1) is 13.5 Å². The molecule has 0 bridgehead atoms. The molecule has 0 amide bonds. The molecule has 2 aromatic heterocycles. The second-order valence-electron chi connectivity index (χ2n) is 6.35. The fourth-order valence-electron chi connectivity index (χ4n) is 3.18. The third-order valence-electron chi connectivity index (χ3n) is 4.68. The number of aryl methyl sites for hydroxylation is 1. The van der Waals surface area contributed by atoms with Crippen LogP contribution in [0.15, 0.2) is 30.3 Å². The molecular weight excluding hydrogens is 330 g/mol. The zero-order chi connectivity index (χ0) is 17.4. The van der Waals surface area contributed by atoms with Gasteiger partial charge in [-0.15, -0.1) is 11.3 Å².